The quantitative estimate of drug-likeness (QED) is 0.0480. The Balaban J connectivity index is 0.952. The van der Waals surface area contributed by atoms with E-state index in [0.717, 1.165) is 24.2 Å². The summed E-state index contributed by atoms with van der Waals surface area (Å²) in [5, 5.41) is 0. The number of hydrogen-bond donors (Lipinski definition) is 2. The van der Waals surface area contributed by atoms with Crippen molar-refractivity contribution in [3.8, 4) is 0 Å². The monoisotopic (exact) mass is 701 g/mol. The molecule has 2 nitrogen and oxygen atoms in total. The van der Waals surface area contributed by atoms with Crippen LogP contribution in [0.3, 0.4) is 0 Å². The van der Waals surface area contributed by atoms with Crippen molar-refractivity contribution < 1.29 is 0 Å². The van der Waals surface area contributed by atoms with Crippen molar-refractivity contribution in [2.45, 2.75) is 168 Å². The van der Waals surface area contributed by atoms with Gasteiger partial charge in [-0.05, 0) is 120 Å². The van der Waals surface area contributed by atoms with E-state index >= 15 is 0 Å². The lowest BCUT2D eigenvalue weighted by atomic mass is 9.93. The first kappa shape index (κ1) is 41.2. The molecule has 4 N–H and O–H groups in total. The molecule has 4 aromatic rings. The zero-order chi connectivity index (χ0) is 36.6. The zero-order valence-corrected chi connectivity index (χ0v) is 33.2. The van der Waals surface area contributed by atoms with E-state index in [4.69, 9.17) is 11.5 Å². The van der Waals surface area contributed by atoms with Crippen LogP contribution in [0.5, 0.6) is 0 Å². The molecule has 0 aliphatic rings. The largest absolute Gasteiger partial charge is 0.399 e. The Bertz CT molecular complexity index is 1400. The van der Waals surface area contributed by atoms with Crippen molar-refractivity contribution in [1.82, 2.24) is 0 Å². The number of nitrogens with two attached hydrogens (primary N) is 2. The molecular formula is C50H72N2. The molecule has 282 valence electrons. The average Bonchev–Trinajstić information content (AvgIpc) is 3.15. The Labute approximate surface area is 319 Å². The van der Waals surface area contributed by atoms with Crippen molar-refractivity contribution in [1.29, 1.82) is 0 Å². The smallest absolute Gasteiger partial charge is 0.0314 e. The van der Waals surface area contributed by atoms with Crippen LogP contribution >= 0.6 is 0 Å². The summed E-state index contributed by atoms with van der Waals surface area (Å²) in [5.41, 5.74) is 25.2. The van der Waals surface area contributed by atoms with Gasteiger partial charge in [-0.3, -0.25) is 0 Å². The number of benzene rings is 4. The van der Waals surface area contributed by atoms with Gasteiger partial charge < -0.3 is 11.5 Å². The number of hydrogen-bond acceptors (Lipinski definition) is 2. The van der Waals surface area contributed by atoms with Gasteiger partial charge in [0.1, 0.15) is 0 Å². The second-order valence-corrected chi connectivity index (χ2v) is 15.7. The minimum Gasteiger partial charge on any atom is -0.399 e. The summed E-state index contributed by atoms with van der Waals surface area (Å²) in [5.74, 6) is 0. The number of anilines is 2. The molecular weight excluding hydrogens is 629 g/mol. The summed E-state index contributed by atoms with van der Waals surface area (Å²) in [6, 6.07) is 31.1. The highest BCUT2D eigenvalue weighted by Gasteiger charge is 2.07. The predicted octanol–water partition coefficient (Wildman–Crippen LogP) is 14.0. The zero-order valence-electron chi connectivity index (χ0n) is 33.2. The molecule has 0 amide bonds. The van der Waals surface area contributed by atoms with Crippen LogP contribution in [0, 0.1) is 0 Å². The van der Waals surface area contributed by atoms with Crippen LogP contribution in [-0.4, -0.2) is 0 Å². The van der Waals surface area contributed by atoms with Gasteiger partial charge in [-0.1, -0.05) is 177 Å². The van der Waals surface area contributed by atoms with Gasteiger partial charge in [0.15, 0.2) is 0 Å². The van der Waals surface area contributed by atoms with Crippen LogP contribution in [0.1, 0.15) is 174 Å². The number of nitrogen functional groups attached to an aromatic ring is 2. The summed E-state index contributed by atoms with van der Waals surface area (Å²) in [4.78, 5) is 0. The molecule has 4 aromatic carbocycles. The molecule has 2 heteroatoms. The third-order valence-corrected chi connectivity index (χ3v) is 11.0. The van der Waals surface area contributed by atoms with E-state index in [-0.39, 0.29) is 0 Å². The van der Waals surface area contributed by atoms with E-state index in [1.807, 2.05) is 24.3 Å². The summed E-state index contributed by atoms with van der Waals surface area (Å²) < 4.78 is 0. The molecule has 0 saturated carbocycles. The Hall–Kier alpha value is -3.52. The maximum atomic E-state index is 5.87. The van der Waals surface area contributed by atoms with Gasteiger partial charge in [0.2, 0.25) is 0 Å². The maximum absolute atomic E-state index is 5.87. The van der Waals surface area contributed by atoms with E-state index in [0.29, 0.717) is 0 Å². The second kappa shape index (κ2) is 24.7. The molecule has 0 heterocycles. The van der Waals surface area contributed by atoms with Gasteiger partial charge in [-0.15, -0.1) is 0 Å². The van der Waals surface area contributed by atoms with Gasteiger partial charge in [-0.2, -0.15) is 0 Å². The summed E-state index contributed by atoms with van der Waals surface area (Å²) in [6.07, 6.45) is 31.7. The second-order valence-electron chi connectivity index (χ2n) is 15.7. The molecule has 0 spiro atoms. The Kier molecular flexibility index (Phi) is 19.6. The standard InChI is InChI=1S/C50H72N2/c1-3-21-47-39-43(37-41-27-33-49(51)34-28-41)25-31-45(47)23-19-17-15-13-11-9-7-5-6-8-10-12-14-16-18-20-24-46-32-26-44(40-48(46)22-4-2)38-42-29-35-50(52)36-30-42/h25-36,39-40H,3-24,37-38,51-52H2,1-2H3. The van der Waals surface area contributed by atoms with Crippen molar-refractivity contribution in [3.05, 3.63) is 129 Å². The van der Waals surface area contributed by atoms with E-state index in [1.54, 1.807) is 22.3 Å². The molecule has 0 fully saturated rings. The SMILES string of the molecule is CCCc1cc(Cc2ccc(N)cc2)ccc1CCCCCCCCCCCCCCCCCCc1ccc(Cc2ccc(N)cc2)cc1CCC. The fourth-order valence-electron chi connectivity index (χ4n) is 7.92. The molecule has 0 atom stereocenters. The fraction of sp³-hybridized carbons (Fsp3) is 0.520. The Morgan fingerprint density at radius 1 is 0.308 bits per heavy atom. The highest BCUT2D eigenvalue weighted by atomic mass is 14.5. The molecule has 0 saturated heterocycles. The third-order valence-electron chi connectivity index (χ3n) is 11.0. The maximum Gasteiger partial charge on any atom is 0.0314 e. The molecule has 0 aliphatic carbocycles. The molecule has 0 radical (unpaired) electrons. The summed E-state index contributed by atoms with van der Waals surface area (Å²) in [7, 11) is 0. The molecule has 4 rings (SSSR count). The first-order valence-electron chi connectivity index (χ1n) is 21.4. The topological polar surface area (TPSA) is 52.0 Å². The average molecular weight is 701 g/mol. The van der Waals surface area contributed by atoms with Crippen molar-refractivity contribution in [2.75, 3.05) is 11.5 Å². The van der Waals surface area contributed by atoms with Crippen LogP contribution in [-0.2, 0) is 38.5 Å². The Morgan fingerprint density at radius 2 is 0.596 bits per heavy atom. The Morgan fingerprint density at radius 3 is 0.904 bits per heavy atom. The van der Waals surface area contributed by atoms with Gasteiger partial charge in [0.25, 0.3) is 0 Å². The van der Waals surface area contributed by atoms with E-state index < -0.39 is 0 Å². The normalized spacial score (nSPS) is 11.3. The van der Waals surface area contributed by atoms with Crippen molar-refractivity contribution in [2.24, 2.45) is 0 Å². The van der Waals surface area contributed by atoms with Crippen LogP contribution < -0.4 is 11.5 Å². The van der Waals surface area contributed by atoms with Gasteiger partial charge in [0, 0.05) is 11.4 Å². The lowest BCUT2D eigenvalue weighted by Gasteiger charge is -2.12. The number of unbranched alkanes of at least 4 members (excludes halogenated alkanes) is 15. The van der Waals surface area contributed by atoms with Crippen molar-refractivity contribution in [3.63, 3.8) is 0 Å². The van der Waals surface area contributed by atoms with Gasteiger partial charge >= 0.3 is 0 Å². The van der Waals surface area contributed by atoms with Crippen LogP contribution in [0.15, 0.2) is 84.9 Å². The molecule has 0 aromatic heterocycles. The van der Waals surface area contributed by atoms with Crippen LogP contribution in [0.2, 0.25) is 0 Å². The van der Waals surface area contributed by atoms with Crippen LogP contribution in [0.4, 0.5) is 11.4 Å². The first-order valence-corrected chi connectivity index (χ1v) is 21.4. The van der Waals surface area contributed by atoms with E-state index in [1.165, 1.54) is 164 Å². The predicted molar refractivity (Wildman–Crippen MR) is 229 cm³/mol. The van der Waals surface area contributed by atoms with Gasteiger partial charge in [-0.25, -0.2) is 0 Å². The third kappa shape index (κ3) is 16.0. The van der Waals surface area contributed by atoms with Gasteiger partial charge in [0.05, 0.1) is 0 Å². The lowest BCUT2D eigenvalue weighted by molar-refractivity contribution is 0.527. The molecule has 0 aliphatic heterocycles. The number of rotatable bonds is 27. The summed E-state index contributed by atoms with van der Waals surface area (Å²) in [6.45, 7) is 4.60. The van der Waals surface area contributed by atoms with Crippen LogP contribution in [0.25, 0.3) is 0 Å². The summed E-state index contributed by atoms with van der Waals surface area (Å²) >= 11 is 0. The molecule has 0 unspecified atom stereocenters. The van der Waals surface area contributed by atoms with E-state index in [2.05, 4.69) is 74.5 Å². The molecule has 0 bridgehead atoms. The first-order chi connectivity index (χ1) is 25.5. The fourth-order valence-corrected chi connectivity index (χ4v) is 7.92. The van der Waals surface area contributed by atoms with Crippen molar-refractivity contribution >= 4 is 11.4 Å². The molecule has 52 heavy (non-hydrogen) atoms. The lowest BCUT2D eigenvalue weighted by Crippen LogP contribution is -1.98. The minimum absolute atomic E-state index is 0.839. The highest BCUT2D eigenvalue weighted by Crippen LogP contribution is 2.23. The highest BCUT2D eigenvalue weighted by molar-refractivity contribution is 5.43. The number of aryl methyl sites for hydroxylation is 4. The van der Waals surface area contributed by atoms with E-state index in [9.17, 15) is 0 Å². The minimum atomic E-state index is 0.839.